The fraction of sp³-hybridized carbons (Fsp3) is 0.333. The number of nitrogens with zero attached hydrogens (tertiary/aromatic N) is 1. The number of allylic oxidation sites excluding steroid dienone is 2. The first-order chi connectivity index (χ1) is 13.3. The van der Waals surface area contributed by atoms with Crippen molar-refractivity contribution in [2.45, 2.75) is 33.1 Å². The predicted molar refractivity (Wildman–Crippen MR) is 114 cm³/mol. The summed E-state index contributed by atoms with van der Waals surface area (Å²) in [4.78, 5) is 12.9. The van der Waals surface area contributed by atoms with Crippen molar-refractivity contribution in [1.29, 1.82) is 5.26 Å². The van der Waals surface area contributed by atoms with Gasteiger partial charge in [0.25, 0.3) is 0 Å². The minimum atomic E-state index is -0.474. The summed E-state index contributed by atoms with van der Waals surface area (Å²) in [6, 6.07) is 19.3. The van der Waals surface area contributed by atoms with E-state index in [1.54, 1.807) is 0 Å². The largest absolute Gasteiger partial charge is 0.457 e. The second-order valence-electron chi connectivity index (χ2n) is 7.92. The van der Waals surface area contributed by atoms with Gasteiger partial charge in [0.2, 0.25) is 0 Å². The molecule has 0 N–H and O–H groups in total. The van der Waals surface area contributed by atoms with Crippen molar-refractivity contribution >= 4 is 21.7 Å². The lowest BCUT2D eigenvalue weighted by molar-refractivity contribution is -0.121. The molecule has 144 valence electrons. The van der Waals surface area contributed by atoms with Crippen molar-refractivity contribution in [3.05, 3.63) is 70.7 Å². The number of hydrogen-bond acceptors (Lipinski definition) is 3. The van der Waals surface area contributed by atoms with Gasteiger partial charge in [0.05, 0.1) is 12.0 Å². The standard InChI is InChI=1S/C24H24BrNO2/c1-16(25)12-21-23(24(21,2)3)22(27)14-18(15-26)17-8-7-11-20(13-17)28-19-9-5-4-6-10-19/h4-13,18,21,23H,14H2,1-3H3/t18?,21-,23-/m0/s1. The van der Waals surface area contributed by atoms with Crippen LogP contribution in [0.15, 0.2) is 65.2 Å². The molecule has 1 aliphatic carbocycles. The van der Waals surface area contributed by atoms with E-state index >= 15 is 0 Å². The summed E-state index contributed by atoms with van der Waals surface area (Å²) in [6.45, 7) is 6.21. The van der Waals surface area contributed by atoms with Crippen LogP contribution in [-0.4, -0.2) is 5.78 Å². The Bertz CT molecular complexity index is 923. The lowest BCUT2D eigenvalue weighted by Crippen LogP contribution is -2.11. The van der Waals surface area contributed by atoms with Crippen molar-refractivity contribution in [2.75, 3.05) is 0 Å². The first-order valence-electron chi connectivity index (χ1n) is 9.42. The third-order valence-electron chi connectivity index (χ3n) is 5.47. The first kappa shape index (κ1) is 20.4. The van der Waals surface area contributed by atoms with E-state index in [0.29, 0.717) is 5.75 Å². The van der Waals surface area contributed by atoms with Crippen LogP contribution in [0, 0.1) is 28.6 Å². The molecule has 1 fully saturated rings. The average Bonchev–Trinajstić information content (AvgIpc) is 3.20. The molecule has 1 aliphatic rings. The van der Waals surface area contributed by atoms with Crippen molar-refractivity contribution in [3.63, 3.8) is 0 Å². The van der Waals surface area contributed by atoms with E-state index in [9.17, 15) is 10.1 Å². The van der Waals surface area contributed by atoms with Gasteiger partial charge in [0.1, 0.15) is 17.3 Å². The number of ketones is 1. The normalized spacial score (nSPS) is 21.5. The van der Waals surface area contributed by atoms with Crippen LogP contribution in [0.3, 0.4) is 0 Å². The van der Waals surface area contributed by atoms with Crippen LogP contribution in [0.5, 0.6) is 11.5 Å². The predicted octanol–water partition coefficient (Wildman–Crippen LogP) is 6.62. The highest BCUT2D eigenvalue weighted by atomic mass is 79.9. The maximum absolute atomic E-state index is 12.9. The van der Waals surface area contributed by atoms with E-state index < -0.39 is 5.92 Å². The molecule has 3 rings (SSSR count). The number of para-hydroxylation sites is 1. The Balaban J connectivity index is 1.72. The van der Waals surface area contributed by atoms with Gasteiger partial charge in [-0.3, -0.25) is 4.79 Å². The van der Waals surface area contributed by atoms with Gasteiger partial charge < -0.3 is 4.74 Å². The van der Waals surface area contributed by atoms with E-state index in [4.69, 9.17) is 4.74 Å². The van der Waals surface area contributed by atoms with E-state index in [-0.39, 0.29) is 29.5 Å². The quantitative estimate of drug-likeness (QED) is 0.488. The van der Waals surface area contributed by atoms with Crippen molar-refractivity contribution < 1.29 is 9.53 Å². The van der Waals surface area contributed by atoms with Gasteiger partial charge >= 0.3 is 0 Å². The third kappa shape index (κ3) is 4.54. The van der Waals surface area contributed by atoms with Gasteiger partial charge in [0, 0.05) is 12.3 Å². The number of benzene rings is 2. The molecule has 0 spiro atoms. The topological polar surface area (TPSA) is 50.1 Å². The molecule has 0 aromatic heterocycles. The zero-order chi connectivity index (χ0) is 20.3. The van der Waals surface area contributed by atoms with Crippen LogP contribution in [0.1, 0.15) is 38.7 Å². The van der Waals surface area contributed by atoms with Crippen LogP contribution < -0.4 is 4.74 Å². The van der Waals surface area contributed by atoms with Crippen LogP contribution >= 0.6 is 15.9 Å². The van der Waals surface area contributed by atoms with Gasteiger partial charge in [-0.25, -0.2) is 0 Å². The molecule has 0 heterocycles. The second-order valence-corrected chi connectivity index (χ2v) is 9.17. The number of hydrogen-bond donors (Lipinski definition) is 0. The molecule has 4 heteroatoms. The molecule has 0 aliphatic heterocycles. The van der Waals surface area contributed by atoms with Gasteiger partial charge in [-0.05, 0) is 52.6 Å². The molecule has 2 aromatic carbocycles. The van der Waals surface area contributed by atoms with Crippen molar-refractivity contribution in [2.24, 2.45) is 17.3 Å². The van der Waals surface area contributed by atoms with Gasteiger partial charge in [-0.15, -0.1) is 0 Å². The van der Waals surface area contributed by atoms with Crippen LogP contribution in [0.25, 0.3) is 0 Å². The maximum Gasteiger partial charge on any atom is 0.138 e. The molecule has 28 heavy (non-hydrogen) atoms. The van der Waals surface area contributed by atoms with Crippen LogP contribution in [0.2, 0.25) is 0 Å². The summed E-state index contributed by atoms with van der Waals surface area (Å²) >= 11 is 3.46. The van der Waals surface area contributed by atoms with E-state index in [1.165, 1.54) is 0 Å². The molecule has 0 amide bonds. The smallest absolute Gasteiger partial charge is 0.138 e. The summed E-state index contributed by atoms with van der Waals surface area (Å²) < 4.78 is 6.91. The molecule has 1 unspecified atom stereocenters. The van der Waals surface area contributed by atoms with Gasteiger partial charge in [0.15, 0.2) is 0 Å². The zero-order valence-electron chi connectivity index (χ0n) is 16.4. The summed E-state index contributed by atoms with van der Waals surface area (Å²) in [7, 11) is 0. The number of rotatable bonds is 7. The highest BCUT2D eigenvalue weighted by Crippen LogP contribution is 2.60. The fourth-order valence-corrected chi connectivity index (χ4v) is 4.12. The molecule has 0 saturated heterocycles. The van der Waals surface area contributed by atoms with E-state index in [2.05, 4.69) is 41.9 Å². The van der Waals surface area contributed by atoms with Crippen LogP contribution in [-0.2, 0) is 4.79 Å². The number of nitriles is 1. The van der Waals surface area contributed by atoms with E-state index in [1.807, 2.05) is 61.5 Å². The third-order valence-corrected chi connectivity index (χ3v) is 5.73. The Labute approximate surface area is 175 Å². The number of carbonyl (C=O) groups excluding carboxylic acids is 1. The molecule has 3 nitrogen and oxygen atoms in total. The van der Waals surface area contributed by atoms with Gasteiger partial charge in [-0.2, -0.15) is 5.26 Å². The number of Topliss-reactive ketones (excluding diaryl/α,β-unsaturated/α-hetero) is 1. The summed E-state index contributed by atoms with van der Waals surface area (Å²) in [5, 5.41) is 9.69. The molecule has 3 atom stereocenters. The molecular formula is C24H24BrNO2. The number of carbonyl (C=O) groups is 1. The van der Waals surface area contributed by atoms with E-state index in [0.717, 1.165) is 15.8 Å². The number of halogens is 1. The Morgan fingerprint density at radius 3 is 2.54 bits per heavy atom. The average molecular weight is 438 g/mol. The summed E-state index contributed by atoms with van der Waals surface area (Å²) in [6.07, 6.45) is 2.34. The lowest BCUT2D eigenvalue weighted by atomic mass is 9.92. The van der Waals surface area contributed by atoms with Crippen molar-refractivity contribution in [1.82, 2.24) is 0 Å². The highest BCUT2D eigenvalue weighted by Gasteiger charge is 2.59. The minimum Gasteiger partial charge on any atom is -0.457 e. The molecule has 0 bridgehead atoms. The van der Waals surface area contributed by atoms with Gasteiger partial charge in [-0.1, -0.05) is 66.2 Å². The Morgan fingerprint density at radius 1 is 1.21 bits per heavy atom. The summed E-state index contributed by atoms with van der Waals surface area (Å²) in [5.74, 6) is 1.28. The lowest BCUT2D eigenvalue weighted by Gasteiger charge is -2.12. The zero-order valence-corrected chi connectivity index (χ0v) is 17.9. The highest BCUT2D eigenvalue weighted by molar-refractivity contribution is 9.11. The minimum absolute atomic E-state index is 0.0281. The molecule has 1 saturated carbocycles. The SMILES string of the molecule is CC(Br)=C[C@H]1[C@@H](C(=O)CC(C#N)c2cccc(Oc3ccccc3)c2)C1(C)C. The summed E-state index contributed by atoms with van der Waals surface area (Å²) in [5.41, 5.74) is 0.760. The monoisotopic (exact) mass is 437 g/mol. The Morgan fingerprint density at radius 2 is 1.89 bits per heavy atom. The maximum atomic E-state index is 12.9. The first-order valence-corrected chi connectivity index (χ1v) is 10.2. The van der Waals surface area contributed by atoms with Crippen LogP contribution in [0.4, 0.5) is 0 Å². The Kier molecular flexibility index (Phi) is 6.05. The second kappa shape index (κ2) is 8.32. The Hall–Kier alpha value is -2.38. The molecule has 2 aromatic rings. The fourth-order valence-electron chi connectivity index (χ4n) is 3.84. The van der Waals surface area contributed by atoms with Crippen molar-refractivity contribution in [3.8, 4) is 17.6 Å². The molecular weight excluding hydrogens is 414 g/mol. The number of ether oxygens (including phenoxy) is 1. The molecule has 0 radical (unpaired) electrons.